The van der Waals surface area contributed by atoms with Gasteiger partial charge in [0.1, 0.15) is 5.82 Å². The van der Waals surface area contributed by atoms with Crippen molar-refractivity contribution in [1.82, 2.24) is 19.7 Å². The van der Waals surface area contributed by atoms with E-state index in [0.717, 1.165) is 50.2 Å². The van der Waals surface area contributed by atoms with Gasteiger partial charge in [0.2, 0.25) is 0 Å². The Labute approximate surface area is 153 Å². The molecule has 1 saturated carbocycles. The van der Waals surface area contributed by atoms with Crippen LogP contribution in [0.5, 0.6) is 0 Å². The molecule has 138 valence electrons. The Morgan fingerprint density at radius 3 is 2.62 bits per heavy atom. The van der Waals surface area contributed by atoms with E-state index in [-0.39, 0.29) is 18.1 Å². The van der Waals surface area contributed by atoms with Crippen LogP contribution in [0.25, 0.3) is 0 Å². The van der Waals surface area contributed by atoms with E-state index in [0.29, 0.717) is 11.5 Å². The summed E-state index contributed by atoms with van der Waals surface area (Å²) < 4.78 is 1.78. The Kier molecular flexibility index (Phi) is 4.63. The van der Waals surface area contributed by atoms with Crippen molar-refractivity contribution in [2.75, 3.05) is 18.4 Å². The molecule has 2 aromatic rings. The average Bonchev–Trinajstić information content (AvgIpc) is 3.29. The predicted octanol–water partition coefficient (Wildman–Crippen LogP) is 1.98. The number of aromatic nitrogens is 3. The highest BCUT2D eigenvalue weighted by molar-refractivity contribution is 5.94. The molecule has 2 N–H and O–H groups in total. The van der Waals surface area contributed by atoms with Crippen molar-refractivity contribution in [3.63, 3.8) is 0 Å². The van der Waals surface area contributed by atoms with E-state index in [1.165, 1.54) is 0 Å². The molecule has 1 atom stereocenters. The first-order valence-corrected chi connectivity index (χ1v) is 9.28. The van der Waals surface area contributed by atoms with Gasteiger partial charge in [-0.1, -0.05) is 0 Å². The summed E-state index contributed by atoms with van der Waals surface area (Å²) in [4.78, 5) is 18.8. The molecule has 0 bridgehead atoms. The van der Waals surface area contributed by atoms with E-state index in [9.17, 15) is 9.90 Å². The zero-order valence-electron chi connectivity index (χ0n) is 15.0. The first-order valence-electron chi connectivity index (χ1n) is 9.28. The van der Waals surface area contributed by atoms with Gasteiger partial charge < -0.3 is 15.3 Å². The number of nitrogens with one attached hydrogen (secondary N) is 1. The van der Waals surface area contributed by atoms with Crippen molar-refractivity contribution in [2.45, 2.75) is 37.8 Å². The van der Waals surface area contributed by atoms with Crippen LogP contribution in [0.3, 0.4) is 0 Å². The minimum Gasteiger partial charge on any atom is -0.393 e. The lowest BCUT2D eigenvalue weighted by molar-refractivity contribution is 0.0339. The van der Waals surface area contributed by atoms with Gasteiger partial charge in [-0.15, -0.1) is 0 Å². The first kappa shape index (κ1) is 17.0. The number of rotatable bonds is 5. The summed E-state index contributed by atoms with van der Waals surface area (Å²) in [5, 5.41) is 17.4. The third-order valence-electron chi connectivity index (χ3n) is 5.41. The van der Waals surface area contributed by atoms with Crippen LogP contribution >= 0.6 is 0 Å². The number of hydrogen-bond acceptors (Lipinski definition) is 5. The Morgan fingerprint density at radius 1 is 1.27 bits per heavy atom. The minimum atomic E-state index is -0.214. The standard InChI is InChI=1S/C19H25N5O2/c1-23-12-15(11-21-23)18(14-8-16(25)9-14)22-17-5-4-13(10-20-17)19(26)24-6-2-3-7-24/h4-5,10-12,14,16,18,25H,2-3,6-9H2,1H3,(H,20,22)/t14?,16?,18-/m1/s1. The van der Waals surface area contributed by atoms with Gasteiger partial charge in [0.15, 0.2) is 0 Å². The number of carbonyl (C=O) groups excluding carboxylic acids is 1. The highest BCUT2D eigenvalue weighted by Gasteiger charge is 2.35. The fourth-order valence-corrected chi connectivity index (χ4v) is 3.84. The van der Waals surface area contributed by atoms with Gasteiger partial charge in [-0.2, -0.15) is 5.10 Å². The highest BCUT2D eigenvalue weighted by Crippen LogP contribution is 2.39. The third-order valence-corrected chi connectivity index (χ3v) is 5.41. The number of aliphatic hydroxyl groups excluding tert-OH is 1. The maximum atomic E-state index is 12.4. The normalized spacial score (nSPS) is 23.5. The van der Waals surface area contributed by atoms with Crippen LogP contribution in [0.2, 0.25) is 0 Å². The summed E-state index contributed by atoms with van der Waals surface area (Å²) in [6.45, 7) is 1.68. The molecular formula is C19H25N5O2. The Hall–Kier alpha value is -2.41. The largest absolute Gasteiger partial charge is 0.393 e. The van der Waals surface area contributed by atoms with Gasteiger partial charge in [-0.3, -0.25) is 9.48 Å². The lowest BCUT2D eigenvalue weighted by Crippen LogP contribution is -2.36. The summed E-state index contributed by atoms with van der Waals surface area (Å²) in [6, 6.07) is 3.76. The van der Waals surface area contributed by atoms with Gasteiger partial charge in [0.25, 0.3) is 5.91 Å². The molecule has 0 spiro atoms. The third kappa shape index (κ3) is 3.44. The minimum absolute atomic E-state index is 0.0553. The number of aryl methyl sites for hydroxylation is 1. The van der Waals surface area contributed by atoms with Crippen molar-refractivity contribution in [2.24, 2.45) is 13.0 Å². The summed E-state index contributed by atoms with van der Waals surface area (Å²) in [6.07, 6.45) is 9.00. The SMILES string of the molecule is Cn1cc([C@H](Nc2ccc(C(=O)N3CCCC3)cn2)C2CC(O)C2)cn1. The lowest BCUT2D eigenvalue weighted by atomic mass is 9.75. The Bertz CT molecular complexity index is 760. The van der Waals surface area contributed by atoms with Crippen LogP contribution in [0.1, 0.15) is 47.6 Å². The summed E-state index contributed by atoms with van der Waals surface area (Å²) in [5.74, 6) is 1.15. The van der Waals surface area contributed by atoms with Crippen molar-refractivity contribution < 1.29 is 9.90 Å². The van der Waals surface area contributed by atoms with Gasteiger partial charge in [0.05, 0.1) is 23.9 Å². The van der Waals surface area contributed by atoms with Crippen molar-refractivity contribution in [1.29, 1.82) is 0 Å². The van der Waals surface area contributed by atoms with Crippen LogP contribution in [-0.2, 0) is 7.05 Å². The fraction of sp³-hybridized carbons (Fsp3) is 0.526. The van der Waals surface area contributed by atoms with E-state index in [1.54, 1.807) is 10.9 Å². The number of hydrogen-bond donors (Lipinski definition) is 2. The molecule has 4 rings (SSSR count). The topological polar surface area (TPSA) is 83.3 Å². The molecule has 26 heavy (non-hydrogen) atoms. The van der Waals surface area contributed by atoms with Gasteiger partial charge in [-0.05, 0) is 43.7 Å². The second-order valence-electron chi connectivity index (χ2n) is 7.39. The zero-order chi connectivity index (χ0) is 18.1. The Balaban J connectivity index is 1.47. The van der Waals surface area contributed by atoms with Crippen LogP contribution in [-0.4, -0.2) is 49.9 Å². The maximum Gasteiger partial charge on any atom is 0.255 e. The summed E-state index contributed by atoms with van der Waals surface area (Å²) in [7, 11) is 1.90. The van der Waals surface area contributed by atoms with E-state index < -0.39 is 0 Å². The Morgan fingerprint density at radius 2 is 2.04 bits per heavy atom. The van der Waals surface area contributed by atoms with Crippen LogP contribution < -0.4 is 5.32 Å². The van der Waals surface area contributed by atoms with E-state index >= 15 is 0 Å². The van der Waals surface area contributed by atoms with E-state index in [4.69, 9.17) is 0 Å². The maximum absolute atomic E-state index is 12.4. The molecule has 1 amide bonds. The molecule has 0 unspecified atom stereocenters. The predicted molar refractivity (Wildman–Crippen MR) is 97.7 cm³/mol. The molecule has 1 aliphatic carbocycles. The number of likely N-dealkylation sites (tertiary alicyclic amines) is 1. The number of amides is 1. The lowest BCUT2D eigenvalue weighted by Gasteiger charge is -2.38. The van der Waals surface area contributed by atoms with Crippen molar-refractivity contribution in [3.8, 4) is 0 Å². The second-order valence-corrected chi connectivity index (χ2v) is 7.39. The monoisotopic (exact) mass is 355 g/mol. The van der Waals surface area contributed by atoms with Gasteiger partial charge in [0, 0.05) is 38.1 Å². The van der Waals surface area contributed by atoms with Crippen molar-refractivity contribution >= 4 is 11.7 Å². The first-order chi connectivity index (χ1) is 12.6. The van der Waals surface area contributed by atoms with E-state index in [2.05, 4.69) is 15.4 Å². The smallest absolute Gasteiger partial charge is 0.255 e. The van der Waals surface area contributed by atoms with Crippen molar-refractivity contribution in [3.05, 3.63) is 41.9 Å². The number of nitrogens with zero attached hydrogens (tertiary/aromatic N) is 4. The van der Waals surface area contributed by atoms with E-state index in [1.807, 2.05) is 36.5 Å². The number of pyridine rings is 1. The number of aliphatic hydroxyl groups is 1. The number of carbonyl (C=O) groups is 1. The highest BCUT2D eigenvalue weighted by atomic mass is 16.3. The molecule has 0 aromatic carbocycles. The molecule has 7 nitrogen and oxygen atoms in total. The molecule has 2 aromatic heterocycles. The van der Waals surface area contributed by atoms with Gasteiger partial charge in [-0.25, -0.2) is 4.98 Å². The molecule has 1 aliphatic heterocycles. The zero-order valence-corrected chi connectivity index (χ0v) is 15.0. The molecule has 2 fully saturated rings. The molecule has 3 heterocycles. The molecular weight excluding hydrogens is 330 g/mol. The number of anilines is 1. The molecule has 2 aliphatic rings. The van der Waals surface area contributed by atoms with Gasteiger partial charge >= 0.3 is 0 Å². The quantitative estimate of drug-likeness (QED) is 0.857. The van der Waals surface area contributed by atoms with Crippen LogP contribution in [0.4, 0.5) is 5.82 Å². The fourth-order valence-electron chi connectivity index (χ4n) is 3.84. The summed E-state index contributed by atoms with van der Waals surface area (Å²) >= 11 is 0. The second kappa shape index (κ2) is 7.07. The van der Waals surface area contributed by atoms with Crippen LogP contribution in [0, 0.1) is 5.92 Å². The molecule has 1 saturated heterocycles. The molecule has 7 heteroatoms. The van der Waals surface area contributed by atoms with Crippen LogP contribution in [0.15, 0.2) is 30.7 Å². The summed E-state index contributed by atoms with van der Waals surface area (Å²) in [5.41, 5.74) is 1.72. The molecule has 0 radical (unpaired) electrons. The average molecular weight is 355 g/mol.